The van der Waals surface area contributed by atoms with Crippen LogP contribution in [0.5, 0.6) is 0 Å². The molecule has 0 rings (SSSR count). The third kappa shape index (κ3) is 48.5. The maximum Gasteiger partial charge on any atom is 0.305 e. The maximum atomic E-state index is 11.5. The number of hydrogen-bond donors (Lipinski definition) is 1. The van der Waals surface area contributed by atoms with E-state index in [9.17, 15) is 9.59 Å². The van der Waals surface area contributed by atoms with E-state index in [1.807, 2.05) is 0 Å². The molecule has 0 aliphatic heterocycles. The lowest BCUT2D eigenvalue weighted by molar-refractivity contribution is -0.146. The van der Waals surface area contributed by atoms with Crippen molar-refractivity contribution in [3.63, 3.8) is 0 Å². The second-order valence-corrected chi connectivity index (χ2v) is 11.9. The van der Waals surface area contributed by atoms with Crippen LogP contribution in [0, 0.1) is 0 Å². The summed E-state index contributed by atoms with van der Waals surface area (Å²) < 4.78 is 70.7. The minimum absolute atomic E-state index is 0.0596. The molecule has 1 N–H and O–H groups in total. The first kappa shape index (κ1) is 52.5. The molecule has 0 heterocycles. The van der Waals surface area contributed by atoms with E-state index < -0.39 is 5.97 Å². The van der Waals surface area contributed by atoms with Gasteiger partial charge < -0.3 is 66.7 Å². The zero-order valence-electron chi connectivity index (χ0n) is 33.3. The molecule has 0 saturated carbocycles. The van der Waals surface area contributed by atoms with Gasteiger partial charge in [0.1, 0.15) is 6.61 Å². The fraction of sp³-hybridized carbons (Fsp3) is 0.947. The number of rotatable bonds is 48. The monoisotopic (exact) mass is 786 g/mol. The molecule has 0 aliphatic rings. The molecule has 0 aromatic rings. The maximum absolute atomic E-state index is 11.5. The third-order valence-electron chi connectivity index (χ3n) is 7.25. The van der Waals surface area contributed by atoms with Crippen LogP contribution in [0.4, 0.5) is 0 Å². The van der Waals surface area contributed by atoms with Crippen molar-refractivity contribution >= 4 is 11.9 Å². The van der Waals surface area contributed by atoms with Crippen molar-refractivity contribution in [1.82, 2.24) is 0 Å². The quantitative estimate of drug-likeness (QED) is 0.0697. The molecule has 0 radical (unpaired) electrons. The van der Waals surface area contributed by atoms with E-state index in [-0.39, 0.29) is 32.0 Å². The molecule has 0 atom stereocenters. The molecule has 0 aliphatic carbocycles. The zero-order chi connectivity index (χ0) is 39.1. The van der Waals surface area contributed by atoms with Crippen LogP contribution in [-0.4, -0.2) is 182 Å². The van der Waals surface area contributed by atoms with Crippen LogP contribution in [0.1, 0.15) is 71.1 Å². The topological polar surface area (TPSA) is 174 Å². The van der Waals surface area contributed by atoms with Crippen molar-refractivity contribution < 1.29 is 76.3 Å². The Balaban J connectivity index is 3.09. The Morgan fingerprint density at radius 2 is 0.574 bits per heavy atom. The Bertz CT molecular complexity index is 748. The van der Waals surface area contributed by atoms with Crippen molar-refractivity contribution in [2.75, 3.05) is 165 Å². The average Bonchev–Trinajstić information content (AvgIpc) is 3.16. The molecule has 16 nitrogen and oxygen atoms in total. The van der Waals surface area contributed by atoms with Gasteiger partial charge in [0.2, 0.25) is 0 Å². The van der Waals surface area contributed by atoms with Gasteiger partial charge in [0, 0.05) is 19.4 Å². The lowest BCUT2D eigenvalue weighted by atomic mass is 10.1. The van der Waals surface area contributed by atoms with E-state index in [0.717, 1.165) is 13.0 Å². The summed E-state index contributed by atoms with van der Waals surface area (Å²) in [7, 11) is 0. The largest absolute Gasteiger partial charge is 0.481 e. The van der Waals surface area contributed by atoms with E-state index in [1.165, 1.54) is 32.1 Å². The van der Waals surface area contributed by atoms with Gasteiger partial charge in [-0.3, -0.25) is 9.59 Å². The van der Waals surface area contributed by atoms with E-state index in [4.69, 9.17) is 66.7 Å². The average molecular weight is 787 g/mol. The van der Waals surface area contributed by atoms with Crippen molar-refractivity contribution in [3.8, 4) is 0 Å². The van der Waals surface area contributed by atoms with Gasteiger partial charge in [-0.25, -0.2) is 0 Å². The lowest BCUT2D eigenvalue weighted by Gasteiger charge is -2.09. The van der Waals surface area contributed by atoms with E-state index in [0.29, 0.717) is 158 Å². The van der Waals surface area contributed by atoms with E-state index in [2.05, 4.69) is 6.92 Å². The number of carbonyl (C=O) groups excluding carboxylic acids is 1. The molecule has 0 unspecified atom stereocenters. The Morgan fingerprint density at radius 3 is 0.889 bits per heavy atom. The number of hydrogen-bond acceptors (Lipinski definition) is 15. The van der Waals surface area contributed by atoms with Gasteiger partial charge in [-0.2, -0.15) is 0 Å². The smallest absolute Gasteiger partial charge is 0.305 e. The van der Waals surface area contributed by atoms with Gasteiger partial charge in [0.05, 0.1) is 152 Å². The number of carboxylic acid groups (broad SMARTS) is 1. The van der Waals surface area contributed by atoms with Gasteiger partial charge in [0.15, 0.2) is 0 Å². The molecule has 0 aromatic heterocycles. The Morgan fingerprint density at radius 1 is 0.315 bits per heavy atom. The molecule has 0 saturated heterocycles. The van der Waals surface area contributed by atoms with Crippen molar-refractivity contribution in [1.29, 1.82) is 0 Å². The second kappa shape index (κ2) is 47.6. The number of aliphatic carboxylic acids is 1. The highest BCUT2D eigenvalue weighted by molar-refractivity contribution is 5.69. The van der Waals surface area contributed by atoms with E-state index >= 15 is 0 Å². The molecule has 0 fully saturated rings. The minimum atomic E-state index is -0.863. The Labute approximate surface area is 324 Å². The molecule has 0 bridgehead atoms. The lowest BCUT2D eigenvalue weighted by Crippen LogP contribution is -2.15. The van der Waals surface area contributed by atoms with Gasteiger partial charge in [-0.15, -0.1) is 0 Å². The summed E-state index contributed by atoms with van der Waals surface area (Å²) in [6, 6.07) is 0. The van der Waals surface area contributed by atoms with E-state index in [1.54, 1.807) is 0 Å². The number of unbranched alkanes of at least 4 members (excludes halogenated alkanes) is 6. The molecule has 0 spiro atoms. The summed E-state index contributed by atoms with van der Waals surface area (Å²) >= 11 is 0. The summed E-state index contributed by atoms with van der Waals surface area (Å²) in [5.74, 6) is -1.21. The van der Waals surface area contributed by atoms with Gasteiger partial charge in [0.25, 0.3) is 0 Å². The van der Waals surface area contributed by atoms with Crippen LogP contribution in [0.3, 0.4) is 0 Å². The molecular formula is C38H74O16. The predicted molar refractivity (Wildman–Crippen MR) is 200 cm³/mol. The van der Waals surface area contributed by atoms with Crippen molar-refractivity contribution in [2.24, 2.45) is 0 Å². The zero-order valence-corrected chi connectivity index (χ0v) is 33.3. The SMILES string of the molecule is CCCCCCCCOCCOCCOCCOCCOCCOCCOCCOCCOCCOCCOCCOCCOC(=O)CCCCC(=O)O. The van der Waals surface area contributed by atoms with Crippen LogP contribution in [-0.2, 0) is 71.2 Å². The number of carboxylic acids is 1. The molecular weight excluding hydrogens is 712 g/mol. The highest BCUT2D eigenvalue weighted by Crippen LogP contribution is 2.05. The fourth-order valence-electron chi connectivity index (χ4n) is 4.34. The molecule has 54 heavy (non-hydrogen) atoms. The highest BCUT2D eigenvalue weighted by atomic mass is 16.6. The molecule has 322 valence electrons. The highest BCUT2D eigenvalue weighted by Gasteiger charge is 2.04. The first-order chi connectivity index (χ1) is 26.7. The van der Waals surface area contributed by atoms with Crippen LogP contribution in [0.25, 0.3) is 0 Å². The summed E-state index contributed by atoms with van der Waals surface area (Å²) in [6.45, 7) is 14.5. The fourth-order valence-corrected chi connectivity index (χ4v) is 4.34. The second-order valence-electron chi connectivity index (χ2n) is 11.9. The summed E-state index contributed by atoms with van der Waals surface area (Å²) in [5, 5.41) is 8.56. The molecule has 0 aromatic carbocycles. The number of carbonyl (C=O) groups is 2. The summed E-state index contributed by atoms with van der Waals surface area (Å²) in [6.07, 6.45) is 8.87. The van der Waals surface area contributed by atoms with Crippen LogP contribution in [0.15, 0.2) is 0 Å². The van der Waals surface area contributed by atoms with Gasteiger partial charge in [-0.1, -0.05) is 39.0 Å². The van der Waals surface area contributed by atoms with Gasteiger partial charge in [-0.05, 0) is 19.3 Å². The number of ether oxygens (including phenoxy) is 13. The van der Waals surface area contributed by atoms with Gasteiger partial charge >= 0.3 is 11.9 Å². The van der Waals surface area contributed by atoms with Crippen molar-refractivity contribution in [3.05, 3.63) is 0 Å². The Kier molecular flexibility index (Phi) is 46.3. The number of esters is 1. The summed E-state index contributed by atoms with van der Waals surface area (Å²) in [5.41, 5.74) is 0. The normalized spacial score (nSPS) is 11.4. The standard InChI is InChI=1S/C38H74O16/c1-2-3-4-5-6-9-12-42-13-14-43-15-16-44-17-18-45-19-20-46-21-22-47-23-24-48-25-26-49-27-28-50-29-30-51-31-32-52-33-34-53-35-36-54-38(41)11-8-7-10-37(39)40/h2-36H2,1H3,(H,39,40). The third-order valence-corrected chi connectivity index (χ3v) is 7.25. The van der Waals surface area contributed by atoms with Crippen molar-refractivity contribution in [2.45, 2.75) is 71.1 Å². The Hall–Kier alpha value is -1.54. The first-order valence-electron chi connectivity index (χ1n) is 20.0. The van der Waals surface area contributed by atoms with Crippen LogP contribution < -0.4 is 0 Å². The first-order valence-corrected chi connectivity index (χ1v) is 20.0. The minimum Gasteiger partial charge on any atom is -0.481 e. The molecule has 16 heteroatoms. The van der Waals surface area contributed by atoms with Crippen LogP contribution >= 0.6 is 0 Å². The summed E-state index contributed by atoms with van der Waals surface area (Å²) in [4.78, 5) is 21.9. The van der Waals surface area contributed by atoms with Crippen LogP contribution in [0.2, 0.25) is 0 Å². The molecule has 0 amide bonds. The predicted octanol–water partition coefficient (Wildman–Crippen LogP) is 3.73.